The SMILES string of the molecule is CNC(=O)c1nn(C)c2c1CCc1c(C)c(C)c(C)c(C)c1-2. The molecule has 4 heteroatoms. The Hall–Kier alpha value is -2.10. The number of nitrogens with one attached hydrogen (secondary N) is 1. The summed E-state index contributed by atoms with van der Waals surface area (Å²) >= 11 is 0. The van der Waals surface area contributed by atoms with Gasteiger partial charge in [0, 0.05) is 25.2 Å². The molecule has 1 N–H and O–H groups in total. The van der Waals surface area contributed by atoms with Gasteiger partial charge in [-0.2, -0.15) is 5.10 Å². The number of fused-ring (bicyclic) bond motifs is 3. The molecule has 1 aromatic heterocycles. The number of carbonyl (C=O) groups is 1. The lowest BCUT2D eigenvalue weighted by Gasteiger charge is -2.25. The highest BCUT2D eigenvalue weighted by atomic mass is 16.1. The molecule has 0 aliphatic heterocycles. The number of aromatic nitrogens is 2. The lowest BCUT2D eigenvalue weighted by Crippen LogP contribution is -2.20. The normalized spacial score (nSPS) is 12.8. The Morgan fingerprint density at radius 2 is 1.59 bits per heavy atom. The number of aryl methyl sites for hydroxylation is 1. The minimum absolute atomic E-state index is 0.0986. The smallest absolute Gasteiger partial charge is 0.271 e. The highest BCUT2D eigenvalue weighted by Crippen LogP contribution is 2.41. The second kappa shape index (κ2) is 4.97. The second-order valence-electron chi connectivity index (χ2n) is 6.23. The van der Waals surface area contributed by atoms with Crippen LogP contribution in [0.25, 0.3) is 11.3 Å². The third kappa shape index (κ3) is 1.83. The topological polar surface area (TPSA) is 46.9 Å². The second-order valence-corrected chi connectivity index (χ2v) is 6.23. The van der Waals surface area contributed by atoms with Gasteiger partial charge in [0.1, 0.15) is 0 Å². The molecule has 22 heavy (non-hydrogen) atoms. The van der Waals surface area contributed by atoms with Crippen molar-refractivity contribution < 1.29 is 4.79 Å². The van der Waals surface area contributed by atoms with Crippen molar-refractivity contribution in [2.75, 3.05) is 7.05 Å². The average molecular weight is 297 g/mol. The molecule has 1 heterocycles. The van der Waals surface area contributed by atoms with Crippen LogP contribution in [0.1, 0.15) is 43.9 Å². The third-order valence-corrected chi connectivity index (χ3v) is 5.27. The number of amides is 1. The maximum atomic E-state index is 12.1. The highest BCUT2D eigenvalue weighted by Gasteiger charge is 2.29. The summed E-state index contributed by atoms with van der Waals surface area (Å²) in [4.78, 5) is 12.1. The van der Waals surface area contributed by atoms with E-state index in [4.69, 9.17) is 0 Å². The van der Waals surface area contributed by atoms with Crippen molar-refractivity contribution in [3.05, 3.63) is 39.1 Å². The third-order valence-electron chi connectivity index (χ3n) is 5.27. The number of rotatable bonds is 1. The molecule has 1 aliphatic carbocycles. The minimum Gasteiger partial charge on any atom is -0.354 e. The predicted octanol–water partition coefficient (Wildman–Crippen LogP) is 2.78. The number of carbonyl (C=O) groups excluding carboxylic acids is 1. The van der Waals surface area contributed by atoms with E-state index in [-0.39, 0.29) is 5.91 Å². The van der Waals surface area contributed by atoms with Crippen LogP contribution in [-0.2, 0) is 19.9 Å². The van der Waals surface area contributed by atoms with Gasteiger partial charge in [-0.25, -0.2) is 0 Å². The van der Waals surface area contributed by atoms with E-state index in [9.17, 15) is 4.79 Å². The summed E-state index contributed by atoms with van der Waals surface area (Å²) in [7, 11) is 3.59. The van der Waals surface area contributed by atoms with E-state index in [2.05, 4.69) is 38.1 Å². The van der Waals surface area contributed by atoms with E-state index in [1.165, 1.54) is 33.4 Å². The molecule has 4 nitrogen and oxygen atoms in total. The maximum absolute atomic E-state index is 12.1. The van der Waals surface area contributed by atoms with Crippen molar-refractivity contribution in [1.82, 2.24) is 15.1 Å². The van der Waals surface area contributed by atoms with Crippen molar-refractivity contribution in [3.63, 3.8) is 0 Å². The Bertz CT molecular complexity index is 800. The average Bonchev–Trinajstić information content (AvgIpc) is 2.86. The van der Waals surface area contributed by atoms with Gasteiger partial charge in [-0.3, -0.25) is 9.48 Å². The summed E-state index contributed by atoms with van der Waals surface area (Å²) in [6, 6.07) is 0. The molecule has 1 aromatic carbocycles. The largest absolute Gasteiger partial charge is 0.354 e. The molecule has 0 unspecified atom stereocenters. The Morgan fingerprint density at radius 1 is 1.00 bits per heavy atom. The van der Waals surface area contributed by atoms with Crippen LogP contribution in [0.2, 0.25) is 0 Å². The molecule has 1 aliphatic rings. The fraction of sp³-hybridized carbons (Fsp3) is 0.444. The summed E-state index contributed by atoms with van der Waals surface area (Å²) in [6.07, 6.45) is 1.85. The van der Waals surface area contributed by atoms with Crippen molar-refractivity contribution in [2.24, 2.45) is 7.05 Å². The van der Waals surface area contributed by atoms with Gasteiger partial charge in [0.25, 0.3) is 5.91 Å². The van der Waals surface area contributed by atoms with Crippen molar-refractivity contribution in [3.8, 4) is 11.3 Å². The molecule has 0 atom stereocenters. The molecule has 2 aromatic rings. The van der Waals surface area contributed by atoms with Crippen LogP contribution in [0.4, 0.5) is 0 Å². The fourth-order valence-electron chi connectivity index (χ4n) is 3.69. The van der Waals surface area contributed by atoms with Crippen LogP contribution >= 0.6 is 0 Å². The van der Waals surface area contributed by atoms with Gasteiger partial charge in [-0.1, -0.05) is 0 Å². The highest BCUT2D eigenvalue weighted by molar-refractivity contribution is 5.96. The van der Waals surface area contributed by atoms with E-state index in [1.54, 1.807) is 7.05 Å². The fourth-order valence-corrected chi connectivity index (χ4v) is 3.69. The zero-order valence-corrected chi connectivity index (χ0v) is 14.2. The Morgan fingerprint density at radius 3 is 2.23 bits per heavy atom. The number of nitrogens with zero attached hydrogens (tertiary/aromatic N) is 2. The minimum atomic E-state index is -0.0986. The van der Waals surface area contributed by atoms with Crippen molar-refractivity contribution in [2.45, 2.75) is 40.5 Å². The number of hydrogen-bond acceptors (Lipinski definition) is 2. The molecular formula is C18H23N3O. The first-order valence-corrected chi connectivity index (χ1v) is 7.76. The molecule has 0 bridgehead atoms. The molecule has 116 valence electrons. The van der Waals surface area contributed by atoms with Crippen LogP contribution in [-0.4, -0.2) is 22.7 Å². The van der Waals surface area contributed by atoms with E-state index in [1.807, 2.05) is 11.7 Å². The summed E-state index contributed by atoms with van der Waals surface area (Å²) < 4.78 is 1.87. The van der Waals surface area contributed by atoms with Crippen molar-refractivity contribution >= 4 is 5.91 Å². The monoisotopic (exact) mass is 297 g/mol. The quantitative estimate of drug-likeness (QED) is 0.880. The van der Waals surface area contributed by atoms with Gasteiger partial charge in [-0.15, -0.1) is 0 Å². The van der Waals surface area contributed by atoms with Gasteiger partial charge >= 0.3 is 0 Å². The van der Waals surface area contributed by atoms with E-state index in [0.717, 1.165) is 24.1 Å². The van der Waals surface area contributed by atoms with E-state index >= 15 is 0 Å². The molecule has 1 amide bonds. The van der Waals surface area contributed by atoms with Crippen LogP contribution in [0.5, 0.6) is 0 Å². The van der Waals surface area contributed by atoms with E-state index < -0.39 is 0 Å². The molecule has 0 saturated carbocycles. The van der Waals surface area contributed by atoms with Crippen molar-refractivity contribution in [1.29, 1.82) is 0 Å². The Balaban J connectivity index is 2.36. The summed E-state index contributed by atoms with van der Waals surface area (Å²) in [5.41, 5.74) is 10.9. The van der Waals surface area contributed by atoms with Gasteiger partial charge < -0.3 is 5.32 Å². The van der Waals surface area contributed by atoms with Gasteiger partial charge in [-0.05, 0) is 68.4 Å². The van der Waals surface area contributed by atoms with Crippen LogP contribution < -0.4 is 5.32 Å². The van der Waals surface area contributed by atoms with Crippen LogP contribution in [0.15, 0.2) is 0 Å². The molecule has 0 saturated heterocycles. The number of benzene rings is 1. The lowest BCUT2D eigenvalue weighted by molar-refractivity contribution is 0.0956. The van der Waals surface area contributed by atoms with E-state index in [0.29, 0.717) is 5.69 Å². The summed E-state index contributed by atoms with van der Waals surface area (Å²) in [5.74, 6) is -0.0986. The summed E-state index contributed by atoms with van der Waals surface area (Å²) in [6.45, 7) is 8.78. The first-order chi connectivity index (χ1) is 10.4. The zero-order chi connectivity index (χ0) is 16.2. The van der Waals surface area contributed by atoms with Gasteiger partial charge in [0.2, 0.25) is 0 Å². The van der Waals surface area contributed by atoms with Gasteiger partial charge in [0.05, 0.1) is 5.69 Å². The molecular weight excluding hydrogens is 274 g/mol. The maximum Gasteiger partial charge on any atom is 0.271 e. The molecule has 0 fully saturated rings. The van der Waals surface area contributed by atoms with Gasteiger partial charge in [0.15, 0.2) is 5.69 Å². The Labute approximate surface area is 131 Å². The first kappa shape index (κ1) is 14.8. The molecule has 0 spiro atoms. The van der Waals surface area contributed by atoms with Crippen LogP contribution in [0.3, 0.4) is 0 Å². The lowest BCUT2D eigenvalue weighted by atomic mass is 9.80. The number of hydrogen-bond donors (Lipinski definition) is 1. The molecule has 0 radical (unpaired) electrons. The van der Waals surface area contributed by atoms with Crippen LogP contribution in [0, 0.1) is 27.7 Å². The predicted molar refractivity (Wildman–Crippen MR) is 88.4 cm³/mol. The molecule has 3 rings (SSSR count). The zero-order valence-electron chi connectivity index (χ0n) is 14.2. The Kier molecular flexibility index (Phi) is 3.35. The summed E-state index contributed by atoms with van der Waals surface area (Å²) in [5, 5.41) is 7.19. The first-order valence-electron chi connectivity index (χ1n) is 7.76. The standard InChI is InChI=1S/C18H23N3O/c1-9-10(2)12(4)15-13(11(9)3)7-8-14-16(18(22)19-5)20-21(6)17(14)15/h7-8H2,1-6H3,(H,19,22).